The number of anilines is 1. The third-order valence-corrected chi connectivity index (χ3v) is 1.85. The van der Waals surface area contributed by atoms with Crippen molar-refractivity contribution in [3.05, 3.63) is 29.0 Å². The number of benzene rings is 1. The van der Waals surface area contributed by atoms with Crippen LogP contribution in [0.15, 0.2) is 18.2 Å². The van der Waals surface area contributed by atoms with Gasteiger partial charge in [0.25, 0.3) is 0 Å². The molecule has 0 radical (unpaired) electrons. The first-order valence-corrected chi connectivity index (χ1v) is 4.41. The van der Waals surface area contributed by atoms with Gasteiger partial charge in [0.15, 0.2) is 0 Å². The Kier molecular flexibility index (Phi) is 3.85. The molecular weight excluding hydrogens is 207 g/mol. The van der Waals surface area contributed by atoms with Gasteiger partial charge in [-0.3, -0.25) is 4.79 Å². The first-order valence-electron chi connectivity index (χ1n) is 4.03. The van der Waals surface area contributed by atoms with E-state index in [0.29, 0.717) is 5.69 Å². The fourth-order valence-electron chi connectivity index (χ4n) is 0.940. The zero-order valence-corrected chi connectivity index (χ0v) is 8.36. The normalized spacial score (nSPS) is 9.93. The van der Waals surface area contributed by atoms with E-state index < -0.39 is 5.82 Å². The number of carbonyl (C=O) groups excluding carboxylic acids is 1. The molecule has 0 spiro atoms. The van der Waals surface area contributed by atoms with Crippen molar-refractivity contribution in [1.82, 2.24) is 5.32 Å². The van der Waals surface area contributed by atoms with Crippen LogP contribution in [0.4, 0.5) is 10.1 Å². The molecule has 0 atom stereocenters. The first kappa shape index (κ1) is 10.9. The summed E-state index contributed by atoms with van der Waals surface area (Å²) >= 11 is 5.48. The summed E-state index contributed by atoms with van der Waals surface area (Å²) in [6.45, 7) is 0.185. The predicted octanol–water partition coefficient (Wildman–Crippen LogP) is 1.64. The highest BCUT2D eigenvalue weighted by molar-refractivity contribution is 6.30. The van der Waals surface area contributed by atoms with Crippen molar-refractivity contribution in [2.24, 2.45) is 0 Å². The molecule has 0 bridgehead atoms. The number of carbonyl (C=O) groups is 1. The van der Waals surface area contributed by atoms with Crippen LogP contribution in [-0.2, 0) is 4.79 Å². The largest absolute Gasteiger partial charge is 0.325 e. The van der Waals surface area contributed by atoms with E-state index in [0.717, 1.165) is 0 Å². The lowest BCUT2D eigenvalue weighted by Crippen LogP contribution is -2.25. The molecule has 0 aliphatic rings. The molecule has 2 N–H and O–H groups in total. The molecule has 0 aliphatic carbocycles. The fraction of sp³-hybridized carbons (Fsp3) is 0.222. The first-order chi connectivity index (χ1) is 6.63. The van der Waals surface area contributed by atoms with E-state index in [1.165, 1.54) is 12.1 Å². The Labute approximate surface area is 86.3 Å². The average Bonchev–Trinajstić information content (AvgIpc) is 2.12. The van der Waals surface area contributed by atoms with E-state index in [9.17, 15) is 9.18 Å². The van der Waals surface area contributed by atoms with E-state index in [-0.39, 0.29) is 17.5 Å². The number of halogens is 2. The molecule has 1 rings (SSSR count). The summed E-state index contributed by atoms with van der Waals surface area (Å²) in [7, 11) is 1.65. The van der Waals surface area contributed by atoms with E-state index in [1.807, 2.05) is 0 Å². The Morgan fingerprint density at radius 1 is 1.57 bits per heavy atom. The molecule has 5 heteroatoms. The fourth-order valence-corrected chi connectivity index (χ4v) is 1.06. The molecule has 1 aromatic carbocycles. The van der Waals surface area contributed by atoms with Crippen molar-refractivity contribution in [2.45, 2.75) is 0 Å². The molecule has 0 aromatic heterocycles. The third-order valence-electron chi connectivity index (χ3n) is 1.54. The molecule has 76 valence electrons. The van der Waals surface area contributed by atoms with Crippen LogP contribution in [0, 0.1) is 5.82 Å². The SMILES string of the molecule is CNCC(=O)Nc1ccc(Cl)c(F)c1. The minimum absolute atomic E-state index is 0.0385. The molecule has 0 heterocycles. The lowest BCUT2D eigenvalue weighted by atomic mass is 10.3. The number of nitrogens with one attached hydrogen (secondary N) is 2. The molecule has 1 amide bonds. The van der Waals surface area contributed by atoms with Gasteiger partial charge in [0.1, 0.15) is 5.82 Å². The number of likely N-dealkylation sites (N-methyl/N-ethyl adjacent to an activating group) is 1. The minimum Gasteiger partial charge on any atom is -0.325 e. The summed E-state index contributed by atoms with van der Waals surface area (Å²) in [6.07, 6.45) is 0. The van der Waals surface area contributed by atoms with E-state index >= 15 is 0 Å². The highest BCUT2D eigenvalue weighted by Crippen LogP contribution is 2.18. The van der Waals surface area contributed by atoms with Gasteiger partial charge < -0.3 is 10.6 Å². The van der Waals surface area contributed by atoms with Gasteiger partial charge in [0.2, 0.25) is 5.91 Å². The quantitative estimate of drug-likeness (QED) is 0.807. The van der Waals surface area contributed by atoms with Crippen molar-refractivity contribution in [1.29, 1.82) is 0 Å². The number of amides is 1. The number of rotatable bonds is 3. The standard InChI is InChI=1S/C9H10ClFN2O/c1-12-5-9(14)13-6-2-3-7(10)8(11)4-6/h2-4,12H,5H2,1H3,(H,13,14). The highest BCUT2D eigenvalue weighted by atomic mass is 35.5. The maximum atomic E-state index is 12.9. The number of hydrogen-bond acceptors (Lipinski definition) is 2. The van der Waals surface area contributed by atoms with Crippen LogP contribution in [0.5, 0.6) is 0 Å². The molecule has 0 aliphatic heterocycles. The van der Waals surface area contributed by atoms with Crippen molar-refractivity contribution in [2.75, 3.05) is 18.9 Å². The van der Waals surface area contributed by atoms with E-state index in [2.05, 4.69) is 10.6 Å². The Bertz CT molecular complexity index is 344. The summed E-state index contributed by atoms with van der Waals surface area (Å²) in [5.74, 6) is -0.775. The van der Waals surface area contributed by atoms with E-state index in [1.54, 1.807) is 13.1 Å². The molecule has 3 nitrogen and oxygen atoms in total. The van der Waals surface area contributed by atoms with Gasteiger partial charge in [0, 0.05) is 5.69 Å². The van der Waals surface area contributed by atoms with Gasteiger partial charge >= 0.3 is 0 Å². The Morgan fingerprint density at radius 2 is 2.29 bits per heavy atom. The summed E-state index contributed by atoms with van der Waals surface area (Å²) in [6, 6.07) is 4.11. The van der Waals surface area contributed by atoms with Gasteiger partial charge in [0.05, 0.1) is 11.6 Å². The Balaban J connectivity index is 2.68. The van der Waals surface area contributed by atoms with Crippen LogP contribution < -0.4 is 10.6 Å². The summed E-state index contributed by atoms with van der Waals surface area (Å²) in [5.41, 5.74) is 0.396. The van der Waals surface area contributed by atoms with Crippen molar-refractivity contribution in [3.8, 4) is 0 Å². The monoisotopic (exact) mass is 216 g/mol. The van der Waals surface area contributed by atoms with Crippen LogP contribution in [-0.4, -0.2) is 19.5 Å². The maximum Gasteiger partial charge on any atom is 0.238 e. The zero-order valence-electron chi connectivity index (χ0n) is 7.60. The van der Waals surface area contributed by atoms with Crippen LogP contribution in [0.1, 0.15) is 0 Å². The molecule has 0 unspecified atom stereocenters. The van der Waals surface area contributed by atoms with Crippen LogP contribution in [0.2, 0.25) is 5.02 Å². The van der Waals surface area contributed by atoms with Crippen LogP contribution in [0.25, 0.3) is 0 Å². The zero-order chi connectivity index (χ0) is 10.6. The predicted molar refractivity (Wildman–Crippen MR) is 54.0 cm³/mol. The Hall–Kier alpha value is -1.13. The lowest BCUT2D eigenvalue weighted by molar-refractivity contribution is -0.115. The maximum absolute atomic E-state index is 12.9. The Morgan fingerprint density at radius 3 is 2.86 bits per heavy atom. The van der Waals surface area contributed by atoms with Crippen LogP contribution >= 0.6 is 11.6 Å². The number of hydrogen-bond donors (Lipinski definition) is 2. The second-order valence-electron chi connectivity index (χ2n) is 2.71. The summed E-state index contributed by atoms with van der Waals surface area (Å²) < 4.78 is 12.9. The lowest BCUT2D eigenvalue weighted by Gasteiger charge is -2.04. The third kappa shape index (κ3) is 2.97. The second kappa shape index (κ2) is 4.93. The second-order valence-corrected chi connectivity index (χ2v) is 3.11. The smallest absolute Gasteiger partial charge is 0.238 e. The molecule has 0 saturated heterocycles. The molecule has 0 fully saturated rings. The van der Waals surface area contributed by atoms with Gasteiger partial charge in [-0.15, -0.1) is 0 Å². The van der Waals surface area contributed by atoms with Crippen molar-refractivity contribution in [3.63, 3.8) is 0 Å². The van der Waals surface area contributed by atoms with Gasteiger partial charge in [-0.25, -0.2) is 4.39 Å². The van der Waals surface area contributed by atoms with Crippen molar-refractivity contribution < 1.29 is 9.18 Å². The van der Waals surface area contributed by atoms with Crippen molar-refractivity contribution >= 4 is 23.2 Å². The minimum atomic E-state index is -0.547. The highest BCUT2D eigenvalue weighted by Gasteiger charge is 2.03. The van der Waals surface area contributed by atoms with Crippen LogP contribution in [0.3, 0.4) is 0 Å². The van der Waals surface area contributed by atoms with Gasteiger partial charge in [-0.05, 0) is 25.2 Å². The van der Waals surface area contributed by atoms with Gasteiger partial charge in [-0.1, -0.05) is 11.6 Å². The molecule has 14 heavy (non-hydrogen) atoms. The van der Waals surface area contributed by atoms with Gasteiger partial charge in [-0.2, -0.15) is 0 Å². The topological polar surface area (TPSA) is 41.1 Å². The summed E-state index contributed by atoms with van der Waals surface area (Å²) in [5, 5.41) is 5.23. The van der Waals surface area contributed by atoms with E-state index in [4.69, 9.17) is 11.6 Å². The molecule has 0 saturated carbocycles. The molecular formula is C9H10ClFN2O. The average molecular weight is 217 g/mol. The summed E-state index contributed by atoms with van der Waals surface area (Å²) in [4.78, 5) is 11.1. The molecule has 1 aromatic rings.